The summed E-state index contributed by atoms with van der Waals surface area (Å²) in [7, 11) is 0. The molecule has 0 aromatic heterocycles. The molecule has 0 aliphatic carbocycles. The Morgan fingerprint density at radius 2 is 1.00 bits per heavy atom. The Hall–Kier alpha value is -0.560. The van der Waals surface area contributed by atoms with Gasteiger partial charge in [-0.25, -0.2) is 0 Å². The summed E-state index contributed by atoms with van der Waals surface area (Å²) < 4.78 is 0. The average molecular weight is 389 g/mol. The minimum atomic E-state index is -0.945. The molecular weight excluding hydrogens is 359 g/mol. The molecule has 0 aromatic carbocycles. The number of hydrogen-bond acceptors (Lipinski definition) is 4. The first kappa shape index (κ1) is 25.7. The molecule has 8 heteroatoms. The van der Waals surface area contributed by atoms with Crippen LogP contribution in [0.25, 0.3) is 0 Å². The molecule has 4 N–H and O–H groups in total. The van der Waals surface area contributed by atoms with Gasteiger partial charge in [0.1, 0.15) is 0 Å². The fourth-order valence-electron chi connectivity index (χ4n) is 1.91. The second-order valence-corrected chi connectivity index (χ2v) is 6.34. The van der Waals surface area contributed by atoms with Gasteiger partial charge in [-0.15, -0.1) is 23.2 Å². The van der Waals surface area contributed by atoms with Gasteiger partial charge in [-0.1, -0.05) is 25.7 Å². The summed E-state index contributed by atoms with van der Waals surface area (Å²) in [6.07, 6.45) is 4.90. The zero-order valence-corrected chi connectivity index (χ0v) is 15.5. The molecule has 0 saturated carbocycles. The van der Waals surface area contributed by atoms with Crippen molar-refractivity contribution in [3.63, 3.8) is 0 Å². The molecule has 2 atom stereocenters. The van der Waals surface area contributed by atoms with Gasteiger partial charge in [0.05, 0.1) is 25.0 Å². The average Bonchev–Trinajstić information content (AvgIpc) is 2.47. The molecule has 0 spiro atoms. The molecule has 0 radical (unpaired) electrons. The van der Waals surface area contributed by atoms with Crippen LogP contribution >= 0.6 is 23.2 Å². The van der Waals surface area contributed by atoms with Crippen molar-refractivity contribution >= 4 is 35.1 Å². The third kappa shape index (κ3) is 23.7. The van der Waals surface area contributed by atoms with E-state index in [9.17, 15) is 9.59 Å². The molecule has 0 aromatic rings. The molecule has 0 aliphatic heterocycles. The first-order chi connectivity index (χ1) is 11.3. The maximum Gasteiger partial charge on any atom is 0.305 e. The molecule has 2 unspecified atom stereocenters. The van der Waals surface area contributed by atoms with E-state index in [0.29, 0.717) is 24.6 Å². The fraction of sp³-hybridized carbons (Fsp3) is 0.875. The molecule has 6 nitrogen and oxygen atoms in total. The largest absolute Gasteiger partial charge is 0.481 e. The molecule has 0 aliphatic rings. The Morgan fingerprint density at radius 3 is 1.25 bits per heavy atom. The highest BCUT2D eigenvalue weighted by Gasteiger charge is 2.08. The van der Waals surface area contributed by atoms with Crippen molar-refractivity contribution in [3.8, 4) is 0 Å². The quantitative estimate of drug-likeness (QED) is 0.268. The summed E-state index contributed by atoms with van der Waals surface area (Å²) >= 11 is 10.9. The Balaban J connectivity index is 0. The number of aliphatic carboxylic acids is 2. The Bertz CT molecular complexity index is 285. The molecule has 0 rings (SSSR count). The summed E-state index contributed by atoms with van der Waals surface area (Å²) in [6, 6.07) is 0. The van der Waals surface area contributed by atoms with Gasteiger partial charge in [0, 0.05) is 11.8 Å². The van der Waals surface area contributed by atoms with Crippen LogP contribution in [-0.2, 0) is 9.59 Å². The second kappa shape index (κ2) is 18.8. The summed E-state index contributed by atoms with van der Waals surface area (Å²) in [5.74, 6) is -0.621. The van der Waals surface area contributed by atoms with Crippen molar-refractivity contribution in [2.24, 2.45) is 0 Å². The topological polar surface area (TPSA) is 115 Å². The number of alkyl halides is 2. The number of carboxylic acid groups (broad SMARTS) is 2. The van der Waals surface area contributed by atoms with Gasteiger partial charge < -0.3 is 20.4 Å². The van der Waals surface area contributed by atoms with E-state index in [4.69, 9.17) is 43.6 Å². The number of carboxylic acids is 2. The van der Waals surface area contributed by atoms with Gasteiger partial charge >= 0.3 is 11.9 Å². The molecule has 0 fully saturated rings. The highest BCUT2D eigenvalue weighted by Crippen LogP contribution is 2.07. The smallest absolute Gasteiger partial charge is 0.305 e. The predicted molar refractivity (Wildman–Crippen MR) is 94.9 cm³/mol. The van der Waals surface area contributed by atoms with Crippen LogP contribution in [0.1, 0.15) is 64.2 Å². The van der Waals surface area contributed by atoms with E-state index in [-0.39, 0.29) is 12.8 Å². The number of unbranched alkanes of at least 4 members (excludes halogenated alkanes) is 4. The summed E-state index contributed by atoms with van der Waals surface area (Å²) in [5, 5.41) is 34.8. The van der Waals surface area contributed by atoms with E-state index >= 15 is 0 Å². The lowest BCUT2D eigenvalue weighted by molar-refractivity contribution is -0.140. The maximum absolute atomic E-state index is 10.1. The third-order valence-corrected chi connectivity index (χ3v) is 3.70. The first-order valence-electron chi connectivity index (χ1n) is 8.25. The number of carbonyl (C=O) groups is 2. The normalized spacial score (nSPS) is 12.8. The van der Waals surface area contributed by atoms with Crippen molar-refractivity contribution in [1.29, 1.82) is 0 Å². The monoisotopic (exact) mass is 388 g/mol. The van der Waals surface area contributed by atoms with Crippen LogP contribution in [-0.4, -0.2) is 56.3 Å². The lowest BCUT2D eigenvalue weighted by atomic mass is 10.1. The zero-order chi connectivity index (χ0) is 18.8. The number of aliphatic hydroxyl groups is 2. The van der Waals surface area contributed by atoms with Gasteiger partial charge in [0.2, 0.25) is 0 Å². The SMILES string of the molecule is O=C(O)CC(O)CCCCCCl.O=C(O)CC(O)CCCCCCl. The van der Waals surface area contributed by atoms with E-state index in [1.54, 1.807) is 0 Å². The minimum absolute atomic E-state index is 0.152. The summed E-state index contributed by atoms with van der Waals surface area (Å²) in [5.41, 5.74) is 0. The molecule has 0 amide bonds. The van der Waals surface area contributed by atoms with Crippen molar-refractivity contribution in [3.05, 3.63) is 0 Å². The number of hydrogen-bond donors (Lipinski definition) is 4. The van der Waals surface area contributed by atoms with Gasteiger partial charge in [-0.2, -0.15) is 0 Å². The van der Waals surface area contributed by atoms with Gasteiger partial charge in [0.15, 0.2) is 0 Å². The van der Waals surface area contributed by atoms with Crippen LogP contribution in [0.4, 0.5) is 0 Å². The van der Waals surface area contributed by atoms with Crippen LogP contribution in [0.5, 0.6) is 0 Å². The van der Waals surface area contributed by atoms with E-state index in [0.717, 1.165) is 38.5 Å². The lowest BCUT2D eigenvalue weighted by Crippen LogP contribution is -2.12. The van der Waals surface area contributed by atoms with Crippen LogP contribution in [0.2, 0.25) is 0 Å². The molecule has 24 heavy (non-hydrogen) atoms. The molecule has 0 saturated heterocycles. The lowest BCUT2D eigenvalue weighted by Gasteiger charge is -2.06. The Morgan fingerprint density at radius 1 is 0.667 bits per heavy atom. The van der Waals surface area contributed by atoms with Crippen LogP contribution in [0.3, 0.4) is 0 Å². The van der Waals surface area contributed by atoms with Crippen molar-refractivity contribution in [2.75, 3.05) is 11.8 Å². The van der Waals surface area contributed by atoms with Crippen LogP contribution in [0.15, 0.2) is 0 Å². The van der Waals surface area contributed by atoms with E-state index in [2.05, 4.69) is 0 Å². The number of rotatable bonds is 14. The minimum Gasteiger partial charge on any atom is -0.481 e. The molecule has 144 valence electrons. The maximum atomic E-state index is 10.1. The van der Waals surface area contributed by atoms with Crippen molar-refractivity contribution < 1.29 is 30.0 Å². The van der Waals surface area contributed by atoms with E-state index in [1.807, 2.05) is 0 Å². The Labute approximate surface area is 153 Å². The van der Waals surface area contributed by atoms with Gasteiger partial charge in [0.25, 0.3) is 0 Å². The standard InChI is InChI=1S/2C8H15ClO3/c2*9-5-3-1-2-4-7(10)6-8(11)12/h2*7,10H,1-6H2,(H,11,12). The van der Waals surface area contributed by atoms with E-state index < -0.39 is 24.1 Å². The number of aliphatic hydroxyl groups excluding tert-OH is 2. The molecule has 0 heterocycles. The second-order valence-electron chi connectivity index (χ2n) is 5.58. The van der Waals surface area contributed by atoms with E-state index in [1.165, 1.54) is 0 Å². The summed E-state index contributed by atoms with van der Waals surface area (Å²) in [6.45, 7) is 0. The number of halogens is 2. The van der Waals surface area contributed by atoms with Crippen molar-refractivity contribution in [2.45, 2.75) is 76.4 Å². The zero-order valence-electron chi connectivity index (χ0n) is 14.0. The molecular formula is C16H30Cl2O6. The molecule has 0 bridgehead atoms. The van der Waals surface area contributed by atoms with Gasteiger partial charge in [-0.05, 0) is 25.7 Å². The Kier molecular flexibility index (Phi) is 20.1. The fourth-order valence-corrected chi connectivity index (χ4v) is 2.29. The summed E-state index contributed by atoms with van der Waals surface area (Å²) in [4.78, 5) is 20.2. The highest BCUT2D eigenvalue weighted by molar-refractivity contribution is 6.18. The third-order valence-electron chi connectivity index (χ3n) is 3.16. The predicted octanol–water partition coefficient (Wildman–Crippen LogP) is 3.24. The van der Waals surface area contributed by atoms with Crippen LogP contribution < -0.4 is 0 Å². The first-order valence-corrected chi connectivity index (χ1v) is 9.32. The van der Waals surface area contributed by atoms with Gasteiger partial charge in [-0.3, -0.25) is 9.59 Å². The van der Waals surface area contributed by atoms with Crippen molar-refractivity contribution in [1.82, 2.24) is 0 Å². The highest BCUT2D eigenvalue weighted by atomic mass is 35.5. The van der Waals surface area contributed by atoms with Crippen LogP contribution in [0, 0.1) is 0 Å².